The molecule has 0 aliphatic rings. The first-order valence-corrected chi connectivity index (χ1v) is 12.4. The quantitative estimate of drug-likeness (QED) is 0.185. The van der Waals surface area contributed by atoms with Crippen molar-refractivity contribution in [3.8, 4) is 11.4 Å². The predicted octanol–water partition coefficient (Wildman–Crippen LogP) is 5.99. The molecule has 38 heavy (non-hydrogen) atoms. The highest BCUT2D eigenvalue weighted by atomic mass is 19.1. The average Bonchev–Trinajstić information content (AvgIpc) is 3.41. The molecule has 0 aliphatic heterocycles. The van der Waals surface area contributed by atoms with Crippen LogP contribution in [0, 0.1) is 11.7 Å². The van der Waals surface area contributed by atoms with Gasteiger partial charge in [-0.1, -0.05) is 48.5 Å². The lowest BCUT2D eigenvalue weighted by Gasteiger charge is -2.13. The van der Waals surface area contributed by atoms with Gasteiger partial charge in [0.2, 0.25) is 0 Å². The van der Waals surface area contributed by atoms with Crippen LogP contribution in [0.4, 0.5) is 4.39 Å². The Bertz CT molecular complexity index is 1360. The van der Waals surface area contributed by atoms with Crippen LogP contribution in [-0.2, 0) is 35.7 Å². The van der Waals surface area contributed by atoms with Crippen molar-refractivity contribution in [1.82, 2.24) is 9.78 Å². The molecule has 0 saturated carbocycles. The summed E-state index contributed by atoms with van der Waals surface area (Å²) >= 11 is 0. The van der Waals surface area contributed by atoms with Crippen LogP contribution in [0.1, 0.15) is 36.1 Å². The van der Waals surface area contributed by atoms with Gasteiger partial charge >= 0.3 is 5.97 Å². The molecule has 1 aromatic heterocycles. The van der Waals surface area contributed by atoms with Gasteiger partial charge in [-0.05, 0) is 72.9 Å². The smallest absolute Gasteiger partial charge is 0.312 e. The number of ether oxygens (including phenoxy) is 1. The van der Waals surface area contributed by atoms with Crippen molar-refractivity contribution in [2.75, 3.05) is 0 Å². The van der Waals surface area contributed by atoms with E-state index in [1.165, 1.54) is 17.7 Å². The molecule has 196 valence electrons. The Labute approximate surface area is 221 Å². The zero-order chi connectivity index (χ0) is 26.9. The lowest BCUT2D eigenvalue weighted by Crippen LogP contribution is -2.24. The van der Waals surface area contributed by atoms with E-state index in [1.54, 1.807) is 25.3 Å². The SMILES string of the molecule is CCc1ccc(-n2cc(COc3ccc(CC(C(=O)O)C(C)=NOCc4ccc(F)cc4)cc3)cn2)cc1. The van der Waals surface area contributed by atoms with Crippen molar-refractivity contribution in [2.45, 2.75) is 39.9 Å². The summed E-state index contributed by atoms with van der Waals surface area (Å²) in [6, 6.07) is 21.5. The Morgan fingerprint density at radius 3 is 2.26 bits per heavy atom. The molecule has 0 saturated heterocycles. The van der Waals surface area contributed by atoms with E-state index in [9.17, 15) is 14.3 Å². The summed E-state index contributed by atoms with van der Waals surface area (Å²) < 4.78 is 20.7. The van der Waals surface area contributed by atoms with E-state index in [1.807, 2.05) is 47.3 Å². The topological polar surface area (TPSA) is 85.9 Å². The Balaban J connectivity index is 1.30. The second kappa shape index (κ2) is 12.7. The maximum absolute atomic E-state index is 13.0. The largest absolute Gasteiger partial charge is 0.489 e. The molecule has 1 heterocycles. The third-order valence-corrected chi connectivity index (χ3v) is 6.17. The van der Waals surface area contributed by atoms with E-state index < -0.39 is 11.9 Å². The molecule has 0 aliphatic carbocycles. The molecule has 7 nitrogen and oxygen atoms in total. The molecule has 1 N–H and O–H groups in total. The van der Waals surface area contributed by atoms with Crippen molar-refractivity contribution in [2.24, 2.45) is 11.1 Å². The summed E-state index contributed by atoms with van der Waals surface area (Å²) in [6.45, 7) is 4.24. The highest BCUT2D eigenvalue weighted by Crippen LogP contribution is 2.19. The fraction of sp³-hybridized carbons (Fsp3) is 0.233. The lowest BCUT2D eigenvalue weighted by atomic mass is 9.95. The number of aliphatic carboxylic acids is 1. The first kappa shape index (κ1) is 26.6. The number of carboxylic acids is 1. The minimum atomic E-state index is -0.988. The molecule has 0 bridgehead atoms. The number of aromatic nitrogens is 2. The number of nitrogens with zero attached hydrogens (tertiary/aromatic N) is 3. The maximum Gasteiger partial charge on any atom is 0.312 e. The lowest BCUT2D eigenvalue weighted by molar-refractivity contribution is -0.139. The van der Waals surface area contributed by atoms with Crippen LogP contribution in [0.15, 0.2) is 90.3 Å². The number of hydrogen-bond donors (Lipinski definition) is 1. The molecule has 1 atom stereocenters. The van der Waals surface area contributed by atoms with Gasteiger partial charge in [0.25, 0.3) is 0 Å². The zero-order valence-corrected chi connectivity index (χ0v) is 21.4. The highest BCUT2D eigenvalue weighted by molar-refractivity contribution is 6.00. The van der Waals surface area contributed by atoms with E-state index in [-0.39, 0.29) is 18.8 Å². The minimum absolute atomic E-state index is 0.125. The first-order chi connectivity index (χ1) is 18.4. The van der Waals surface area contributed by atoms with Gasteiger partial charge in [0.05, 0.1) is 17.6 Å². The predicted molar refractivity (Wildman–Crippen MR) is 143 cm³/mol. The normalized spacial score (nSPS) is 12.2. The van der Waals surface area contributed by atoms with Gasteiger partial charge in [-0.25, -0.2) is 9.07 Å². The van der Waals surface area contributed by atoms with E-state index in [0.29, 0.717) is 18.1 Å². The van der Waals surface area contributed by atoms with Gasteiger partial charge in [0.1, 0.15) is 30.7 Å². The number of halogens is 1. The van der Waals surface area contributed by atoms with E-state index in [0.717, 1.165) is 28.8 Å². The van der Waals surface area contributed by atoms with Gasteiger partial charge < -0.3 is 14.7 Å². The summed E-state index contributed by atoms with van der Waals surface area (Å²) in [5.74, 6) is -1.49. The second-order valence-corrected chi connectivity index (χ2v) is 8.97. The maximum atomic E-state index is 13.0. The highest BCUT2D eigenvalue weighted by Gasteiger charge is 2.22. The van der Waals surface area contributed by atoms with Gasteiger partial charge in [-0.2, -0.15) is 5.10 Å². The Kier molecular flexibility index (Phi) is 8.87. The Morgan fingerprint density at radius 1 is 0.947 bits per heavy atom. The minimum Gasteiger partial charge on any atom is -0.489 e. The summed E-state index contributed by atoms with van der Waals surface area (Å²) in [4.78, 5) is 17.2. The third kappa shape index (κ3) is 7.29. The molecule has 0 fully saturated rings. The number of aryl methyl sites for hydroxylation is 1. The van der Waals surface area contributed by atoms with Crippen molar-refractivity contribution in [3.63, 3.8) is 0 Å². The molecule has 4 rings (SSSR count). The summed E-state index contributed by atoms with van der Waals surface area (Å²) in [5.41, 5.74) is 5.13. The fourth-order valence-electron chi connectivity index (χ4n) is 3.85. The van der Waals surface area contributed by atoms with Crippen LogP contribution in [0.3, 0.4) is 0 Å². The van der Waals surface area contributed by atoms with E-state index >= 15 is 0 Å². The Hall–Kier alpha value is -4.46. The second-order valence-electron chi connectivity index (χ2n) is 8.97. The van der Waals surface area contributed by atoms with Crippen LogP contribution >= 0.6 is 0 Å². The first-order valence-electron chi connectivity index (χ1n) is 12.4. The number of rotatable bonds is 12. The monoisotopic (exact) mass is 515 g/mol. The molecule has 1 unspecified atom stereocenters. The number of carboxylic acid groups (broad SMARTS) is 1. The van der Waals surface area contributed by atoms with Gasteiger partial charge in [-0.15, -0.1) is 0 Å². The molecular formula is C30H30FN3O4. The van der Waals surface area contributed by atoms with Crippen molar-refractivity contribution in [1.29, 1.82) is 0 Å². The summed E-state index contributed by atoms with van der Waals surface area (Å²) in [5, 5.41) is 18.1. The zero-order valence-electron chi connectivity index (χ0n) is 21.4. The number of oxime groups is 1. The van der Waals surface area contributed by atoms with Crippen molar-refractivity contribution in [3.05, 3.63) is 113 Å². The summed E-state index contributed by atoms with van der Waals surface area (Å²) in [6.07, 6.45) is 4.97. The van der Waals surface area contributed by atoms with Gasteiger partial charge in [0.15, 0.2) is 0 Å². The van der Waals surface area contributed by atoms with Gasteiger partial charge in [-0.3, -0.25) is 4.79 Å². The van der Waals surface area contributed by atoms with Crippen LogP contribution < -0.4 is 4.74 Å². The van der Waals surface area contributed by atoms with E-state index in [2.05, 4.69) is 29.3 Å². The van der Waals surface area contributed by atoms with Gasteiger partial charge in [0, 0.05) is 11.8 Å². The average molecular weight is 516 g/mol. The number of carbonyl (C=O) groups is 1. The molecule has 3 aromatic carbocycles. The van der Waals surface area contributed by atoms with Crippen LogP contribution in [0.25, 0.3) is 5.69 Å². The van der Waals surface area contributed by atoms with Crippen LogP contribution in [0.2, 0.25) is 0 Å². The third-order valence-electron chi connectivity index (χ3n) is 6.17. The standard InChI is InChI=1S/C30H30FN3O4/c1-3-22-6-12-27(13-7-22)34-18-25(17-32-34)19-37-28-14-8-23(9-15-28)16-29(30(35)36)21(2)33-38-20-24-4-10-26(31)11-5-24/h4-15,17-18,29H,3,16,19-20H2,1-2H3,(H,35,36). The molecule has 0 amide bonds. The number of hydrogen-bond acceptors (Lipinski definition) is 5. The van der Waals surface area contributed by atoms with Crippen LogP contribution in [0.5, 0.6) is 5.75 Å². The van der Waals surface area contributed by atoms with E-state index in [4.69, 9.17) is 9.57 Å². The summed E-state index contributed by atoms with van der Waals surface area (Å²) in [7, 11) is 0. The molecule has 8 heteroatoms. The number of benzene rings is 3. The van der Waals surface area contributed by atoms with Crippen LogP contribution in [-0.4, -0.2) is 26.6 Å². The fourth-order valence-corrected chi connectivity index (χ4v) is 3.85. The Morgan fingerprint density at radius 2 is 1.61 bits per heavy atom. The molecular weight excluding hydrogens is 485 g/mol. The van der Waals surface area contributed by atoms with Crippen molar-refractivity contribution < 1.29 is 23.9 Å². The van der Waals surface area contributed by atoms with Crippen molar-refractivity contribution >= 4 is 11.7 Å². The molecule has 4 aromatic rings. The molecule has 0 radical (unpaired) electrons. The molecule has 0 spiro atoms.